The molecule has 0 aliphatic carbocycles. The van der Waals surface area contributed by atoms with Crippen LogP contribution in [0.15, 0.2) is 29.4 Å². The minimum Gasteiger partial charge on any atom is -0.320 e. The zero-order valence-electron chi connectivity index (χ0n) is 13.3. The van der Waals surface area contributed by atoms with Crippen LogP contribution in [-0.2, 0) is 11.8 Å². The molecule has 2 aromatic heterocycles. The lowest BCUT2D eigenvalue weighted by atomic mass is 10.3. The fraction of sp³-hybridized carbons (Fsp3) is 0.357. The quantitative estimate of drug-likeness (QED) is 0.551. The van der Waals surface area contributed by atoms with E-state index in [0.29, 0.717) is 16.9 Å². The van der Waals surface area contributed by atoms with Crippen molar-refractivity contribution in [3.63, 3.8) is 0 Å². The van der Waals surface area contributed by atoms with Gasteiger partial charge in [-0.1, -0.05) is 35.9 Å². The fourth-order valence-corrected chi connectivity index (χ4v) is 2.51. The number of aldehydes is 1. The molecule has 0 amide bonds. The van der Waals surface area contributed by atoms with Crippen molar-refractivity contribution in [2.45, 2.75) is 12.1 Å². The molecule has 1 aromatic carbocycles. The largest absolute Gasteiger partial charge is 0.320 e. The van der Waals surface area contributed by atoms with Gasteiger partial charge in [-0.05, 0) is 36.2 Å². The molecule has 0 bridgehead atoms. The highest BCUT2D eigenvalue weighted by Gasteiger charge is 2.16. The first kappa shape index (κ1) is 17.1. The molecule has 0 unspecified atom stereocenters. The van der Waals surface area contributed by atoms with Crippen molar-refractivity contribution in [1.82, 2.24) is 35.1 Å². The number of nitrogens with one attached hydrogen (secondary N) is 1. The molecule has 1 N–H and O–H groups in total. The Labute approximate surface area is 138 Å². The maximum atomic E-state index is 10.6. The minimum atomic E-state index is 0.342. The van der Waals surface area contributed by atoms with Crippen LogP contribution in [0.2, 0.25) is 0 Å². The summed E-state index contributed by atoms with van der Waals surface area (Å²) in [5.74, 6) is 0.913. The monoisotopic (exact) mass is 333 g/mol. The SMILES string of the molecule is CCNC.Cn1nnnc1-n1c(SCC=O)nc2ccccc21. The van der Waals surface area contributed by atoms with E-state index >= 15 is 0 Å². The zero-order valence-corrected chi connectivity index (χ0v) is 14.1. The van der Waals surface area contributed by atoms with Gasteiger partial charge in [-0.3, -0.25) is 4.57 Å². The molecule has 0 radical (unpaired) electrons. The molecular formula is C14H19N7OS. The number of imidazole rings is 1. The number of carbonyl (C=O) groups excluding carboxylic acids is 1. The second kappa shape index (κ2) is 8.39. The summed E-state index contributed by atoms with van der Waals surface area (Å²) in [6.45, 7) is 3.14. The van der Waals surface area contributed by atoms with Crippen LogP contribution in [0.1, 0.15) is 6.92 Å². The molecule has 8 nitrogen and oxygen atoms in total. The highest BCUT2D eigenvalue weighted by atomic mass is 32.2. The molecule has 0 atom stereocenters. The maximum absolute atomic E-state index is 10.6. The number of fused-ring (bicyclic) bond motifs is 1. The topological polar surface area (TPSA) is 90.5 Å². The van der Waals surface area contributed by atoms with Crippen molar-refractivity contribution in [2.75, 3.05) is 19.3 Å². The third kappa shape index (κ3) is 3.93. The Hall–Kier alpha value is -2.26. The highest BCUT2D eigenvalue weighted by molar-refractivity contribution is 7.99. The normalized spacial score (nSPS) is 10.4. The fourth-order valence-electron chi connectivity index (χ4n) is 1.82. The lowest BCUT2D eigenvalue weighted by molar-refractivity contribution is -0.105. The molecule has 3 rings (SSSR count). The predicted molar refractivity (Wildman–Crippen MR) is 89.8 cm³/mol. The average molecular weight is 333 g/mol. The van der Waals surface area contributed by atoms with Crippen LogP contribution in [0.4, 0.5) is 0 Å². The van der Waals surface area contributed by atoms with Crippen LogP contribution in [0.3, 0.4) is 0 Å². The number of carbonyl (C=O) groups is 1. The lowest BCUT2D eigenvalue weighted by Crippen LogP contribution is -2.05. The predicted octanol–water partition coefficient (Wildman–Crippen LogP) is 1.07. The lowest BCUT2D eigenvalue weighted by Gasteiger charge is -2.04. The molecular weight excluding hydrogens is 314 g/mol. The van der Waals surface area contributed by atoms with E-state index in [1.54, 1.807) is 11.7 Å². The summed E-state index contributed by atoms with van der Waals surface area (Å²) in [6.07, 6.45) is 0.850. The average Bonchev–Trinajstić information content (AvgIpc) is 3.15. The van der Waals surface area contributed by atoms with E-state index in [4.69, 9.17) is 0 Å². The summed E-state index contributed by atoms with van der Waals surface area (Å²) in [7, 11) is 3.69. The highest BCUT2D eigenvalue weighted by Crippen LogP contribution is 2.26. The van der Waals surface area contributed by atoms with E-state index in [2.05, 4.69) is 32.7 Å². The van der Waals surface area contributed by atoms with E-state index in [9.17, 15) is 4.79 Å². The van der Waals surface area contributed by atoms with E-state index in [0.717, 1.165) is 23.9 Å². The van der Waals surface area contributed by atoms with Gasteiger partial charge in [-0.2, -0.15) is 0 Å². The summed E-state index contributed by atoms with van der Waals surface area (Å²) in [4.78, 5) is 15.1. The standard InChI is InChI=1S/C11H10N6OS.C3H9N/c1-16-10(13-14-15-16)17-9-5-3-2-4-8(9)12-11(17)19-7-6-18;1-3-4-2/h2-6H,7H2,1H3;4H,3H2,1-2H3. The number of thioether (sulfide) groups is 1. The van der Waals surface area contributed by atoms with Gasteiger partial charge in [0, 0.05) is 7.05 Å². The number of hydrogen-bond acceptors (Lipinski definition) is 7. The summed E-state index contributed by atoms with van der Waals surface area (Å²) in [5.41, 5.74) is 1.76. The van der Waals surface area contributed by atoms with E-state index in [1.165, 1.54) is 11.8 Å². The van der Waals surface area contributed by atoms with E-state index in [-0.39, 0.29) is 0 Å². The molecule has 3 aromatic rings. The molecule has 0 aliphatic heterocycles. The molecule has 0 fully saturated rings. The second-order valence-corrected chi connectivity index (χ2v) is 5.49. The first-order valence-corrected chi connectivity index (χ1v) is 8.12. The van der Waals surface area contributed by atoms with Crippen molar-refractivity contribution >= 4 is 29.1 Å². The van der Waals surface area contributed by atoms with Gasteiger partial charge >= 0.3 is 0 Å². The van der Waals surface area contributed by atoms with Crippen LogP contribution in [0.25, 0.3) is 17.0 Å². The first-order chi connectivity index (χ1) is 11.2. The Kier molecular flexibility index (Phi) is 6.24. The van der Waals surface area contributed by atoms with Gasteiger partial charge in [0.2, 0.25) is 0 Å². The molecule has 23 heavy (non-hydrogen) atoms. The molecule has 9 heteroatoms. The number of nitrogens with zero attached hydrogens (tertiary/aromatic N) is 6. The van der Waals surface area contributed by atoms with Crippen LogP contribution in [0.5, 0.6) is 0 Å². The molecule has 122 valence electrons. The summed E-state index contributed by atoms with van der Waals surface area (Å²) < 4.78 is 3.42. The van der Waals surface area contributed by atoms with Crippen molar-refractivity contribution in [1.29, 1.82) is 0 Å². The second-order valence-electron chi connectivity index (χ2n) is 4.51. The number of aromatic nitrogens is 6. The summed E-state index contributed by atoms with van der Waals surface area (Å²) in [6, 6.07) is 7.71. The summed E-state index contributed by atoms with van der Waals surface area (Å²) in [5, 5.41) is 15.1. The van der Waals surface area contributed by atoms with Gasteiger partial charge in [-0.25, -0.2) is 9.67 Å². The number of benzene rings is 1. The van der Waals surface area contributed by atoms with Crippen molar-refractivity contribution in [3.05, 3.63) is 24.3 Å². The zero-order chi connectivity index (χ0) is 16.7. The van der Waals surface area contributed by atoms with Crippen LogP contribution < -0.4 is 5.32 Å². The van der Waals surface area contributed by atoms with Crippen LogP contribution >= 0.6 is 11.8 Å². The van der Waals surface area contributed by atoms with Gasteiger partial charge in [-0.15, -0.1) is 0 Å². The summed E-state index contributed by atoms with van der Waals surface area (Å²) >= 11 is 1.35. The van der Waals surface area contributed by atoms with Crippen molar-refractivity contribution in [2.24, 2.45) is 7.05 Å². The third-order valence-electron chi connectivity index (χ3n) is 2.96. The number of aryl methyl sites for hydroxylation is 1. The van der Waals surface area contributed by atoms with Crippen LogP contribution in [0, 0.1) is 0 Å². The number of rotatable bonds is 5. The Bertz CT molecular complexity index is 765. The Morgan fingerprint density at radius 2 is 2.09 bits per heavy atom. The first-order valence-electron chi connectivity index (χ1n) is 7.14. The van der Waals surface area contributed by atoms with Gasteiger partial charge in [0.25, 0.3) is 5.95 Å². The van der Waals surface area contributed by atoms with Crippen molar-refractivity contribution in [3.8, 4) is 5.95 Å². The van der Waals surface area contributed by atoms with Crippen molar-refractivity contribution < 1.29 is 4.79 Å². The Morgan fingerprint density at radius 3 is 2.70 bits per heavy atom. The molecule has 0 aliphatic rings. The molecule has 2 heterocycles. The van der Waals surface area contributed by atoms with Gasteiger partial charge in [0.15, 0.2) is 5.16 Å². The van der Waals surface area contributed by atoms with Gasteiger partial charge in [0.05, 0.1) is 16.8 Å². The minimum absolute atomic E-state index is 0.342. The Balaban J connectivity index is 0.000000433. The third-order valence-corrected chi connectivity index (χ3v) is 3.80. The van der Waals surface area contributed by atoms with E-state index < -0.39 is 0 Å². The molecule has 0 saturated heterocycles. The number of hydrogen-bond donors (Lipinski definition) is 1. The van der Waals surface area contributed by atoms with E-state index in [1.807, 2.05) is 35.9 Å². The number of tetrazole rings is 1. The molecule has 0 saturated carbocycles. The van der Waals surface area contributed by atoms with Gasteiger partial charge < -0.3 is 10.1 Å². The van der Waals surface area contributed by atoms with Crippen LogP contribution in [-0.4, -0.2) is 55.4 Å². The smallest absolute Gasteiger partial charge is 0.256 e. The number of para-hydroxylation sites is 2. The maximum Gasteiger partial charge on any atom is 0.256 e. The Morgan fingerprint density at radius 1 is 1.35 bits per heavy atom. The van der Waals surface area contributed by atoms with Gasteiger partial charge in [0.1, 0.15) is 6.29 Å². The molecule has 0 spiro atoms.